The minimum atomic E-state index is -0.409. The van der Waals surface area contributed by atoms with Crippen LogP contribution in [0.1, 0.15) is 19.4 Å². The van der Waals surface area contributed by atoms with Crippen LogP contribution in [0.25, 0.3) is 11.7 Å². The Morgan fingerprint density at radius 1 is 1.19 bits per heavy atom. The highest BCUT2D eigenvalue weighted by molar-refractivity contribution is 8.26. The Kier molecular flexibility index (Phi) is 5.88. The monoisotopic (exact) mass is 455 g/mol. The summed E-state index contributed by atoms with van der Waals surface area (Å²) in [5.74, 6) is -0.0818. The lowest BCUT2D eigenvalue weighted by Crippen LogP contribution is -2.31. The first-order chi connectivity index (χ1) is 14.8. The van der Waals surface area contributed by atoms with Crippen molar-refractivity contribution in [2.24, 2.45) is 5.92 Å². The second-order valence-corrected chi connectivity index (χ2v) is 8.98. The molecule has 0 spiro atoms. The molecule has 1 aliphatic rings. The number of thioether (sulfide) groups is 1. The van der Waals surface area contributed by atoms with E-state index in [1.807, 2.05) is 13.8 Å². The van der Waals surface area contributed by atoms with Crippen LogP contribution in [0, 0.1) is 11.7 Å². The van der Waals surface area contributed by atoms with Gasteiger partial charge < -0.3 is 4.74 Å². The molecule has 1 aromatic carbocycles. The minimum Gasteiger partial charge on any atom is -0.438 e. The minimum absolute atomic E-state index is 0.0249. The Morgan fingerprint density at radius 3 is 2.65 bits per heavy atom. The number of fused-ring (bicyclic) bond motifs is 1. The fourth-order valence-corrected chi connectivity index (χ4v) is 4.31. The van der Waals surface area contributed by atoms with Gasteiger partial charge in [0.1, 0.15) is 27.1 Å². The number of carbonyl (C=O) groups is 1. The first kappa shape index (κ1) is 21.2. The fraction of sp³-hybridized carbons (Fsp3) is 0.182. The Morgan fingerprint density at radius 2 is 1.94 bits per heavy atom. The first-order valence-corrected chi connectivity index (χ1v) is 10.8. The van der Waals surface area contributed by atoms with Crippen LogP contribution in [0.5, 0.6) is 11.6 Å². The van der Waals surface area contributed by atoms with Gasteiger partial charge in [-0.3, -0.25) is 18.9 Å². The number of carbonyl (C=O) groups excluding carboxylic acids is 1. The third-order valence-electron chi connectivity index (χ3n) is 4.46. The number of hydrogen-bond donors (Lipinski definition) is 0. The van der Waals surface area contributed by atoms with E-state index in [9.17, 15) is 14.0 Å². The molecule has 0 aliphatic carbocycles. The molecule has 0 N–H and O–H groups in total. The Hall–Kier alpha value is -3.04. The molecular formula is C22H18FN3O3S2. The standard InChI is InChI=1S/C22H18FN3O3S2/c1-13(2)12-26-21(28)17(31-22(26)30)11-16-19(29-15-8-6-14(23)7-9-15)24-18-5-3-4-10-25(18)20(16)27/h3-11,13H,12H2,1-2H3. The Labute approximate surface area is 187 Å². The second-order valence-electron chi connectivity index (χ2n) is 7.31. The van der Waals surface area contributed by atoms with E-state index in [1.54, 1.807) is 24.4 Å². The van der Waals surface area contributed by atoms with Crippen molar-refractivity contribution in [2.75, 3.05) is 6.54 Å². The van der Waals surface area contributed by atoms with Crippen molar-refractivity contribution in [1.29, 1.82) is 0 Å². The van der Waals surface area contributed by atoms with Crippen molar-refractivity contribution < 1.29 is 13.9 Å². The summed E-state index contributed by atoms with van der Waals surface area (Å²) in [4.78, 5) is 32.4. The second kappa shape index (κ2) is 8.60. The Balaban J connectivity index is 1.82. The van der Waals surface area contributed by atoms with E-state index in [0.717, 1.165) is 11.8 Å². The predicted molar refractivity (Wildman–Crippen MR) is 123 cm³/mol. The molecule has 2 aromatic heterocycles. The smallest absolute Gasteiger partial charge is 0.269 e. The molecular weight excluding hydrogens is 437 g/mol. The highest BCUT2D eigenvalue weighted by Gasteiger charge is 2.33. The maximum absolute atomic E-state index is 13.3. The van der Waals surface area contributed by atoms with Gasteiger partial charge in [0.05, 0.1) is 4.91 Å². The van der Waals surface area contributed by atoms with Gasteiger partial charge in [-0.2, -0.15) is 4.98 Å². The van der Waals surface area contributed by atoms with E-state index < -0.39 is 11.4 Å². The molecule has 1 aliphatic heterocycles. The maximum Gasteiger partial charge on any atom is 0.269 e. The molecule has 3 aromatic rings. The molecule has 0 unspecified atom stereocenters. The molecule has 31 heavy (non-hydrogen) atoms. The summed E-state index contributed by atoms with van der Waals surface area (Å²) in [5.41, 5.74) is 0.101. The van der Waals surface area contributed by atoms with Gasteiger partial charge in [0.25, 0.3) is 11.5 Å². The fourth-order valence-electron chi connectivity index (χ4n) is 3.05. The summed E-state index contributed by atoms with van der Waals surface area (Å²) in [5, 5.41) is 0. The number of amides is 1. The normalized spacial score (nSPS) is 15.5. The average Bonchev–Trinajstić information content (AvgIpc) is 2.99. The van der Waals surface area contributed by atoms with Gasteiger partial charge in [0.2, 0.25) is 5.88 Å². The topological polar surface area (TPSA) is 63.9 Å². The van der Waals surface area contributed by atoms with Crippen LogP contribution >= 0.6 is 24.0 Å². The predicted octanol–water partition coefficient (Wildman–Crippen LogP) is 4.48. The number of rotatable bonds is 5. The van der Waals surface area contributed by atoms with Gasteiger partial charge in [-0.1, -0.05) is 43.9 Å². The first-order valence-electron chi connectivity index (χ1n) is 9.53. The zero-order valence-electron chi connectivity index (χ0n) is 16.7. The molecule has 0 saturated carbocycles. The molecule has 9 heteroatoms. The third kappa shape index (κ3) is 4.38. The molecule has 158 valence electrons. The lowest BCUT2D eigenvalue weighted by Gasteiger charge is -2.16. The van der Waals surface area contributed by atoms with E-state index >= 15 is 0 Å². The van der Waals surface area contributed by atoms with Crippen LogP contribution in [0.2, 0.25) is 0 Å². The summed E-state index contributed by atoms with van der Waals surface area (Å²) >= 11 is 6.49. The van der Waals surface area contributed by atoms with Gasteiger partial charge in [-0.15, -0.1) is 0 Å². The van der Waals surface area contributed by atoms with Crippen LogP contribution in [-0.4, -0.2) is 31.1 Å². The van der Waals surface area contributed by atoms with Crippen LogP contribution in [-0.2, 0) is 4.79 Å². The molecule has 0 radical (unpaired) electrons. The van der Waals surface area contributed by atoms with Crippen LogP contribution in [0.15, 0.2) is 58.4 Å². The number of thiocarbonyl (C=S) groups is 1. The third-order valence-corrected chi connectivity index (χ3v) is 5.84. The summed E-state index contributed by atoms with van der Waals surface area (Å²) in [6, 6.07) is 10.5. The zero-order valence-corrected chi connectivity index (χ0v) is 18.4. The zero-order chi connectivity index (χ0) is 22.1. The van der Waals surface area contributed by atoms with E-state index in [4.69, 9.17) is 17.0 Å². The van der Waals surface area contributed by atoms with Crippen LogP contribution in [0.3, 0.4) is 0 Å². The van der Waals surface area contributed by atoms with Crippen molar-refractivity contribution in [2.45, 2.75) is 13.8 Å². The molecule has 1 fully saturated rings. The van der Waals surface area contributed by atoms with Crippen molar-refractivity contribution in [3.8, 4) is 11.6 Å². The van der Waals surface area contributed by atoms with E-state index in [-0.39, 0.29) is 23.3 Å². The highest BCUT2D eigenvalue weighted by Crippen LogP contribution is 2.34. The molecule has 4 rings (SSSR count). The lowest BCUT2D eigenvalue weighted by molar-refractivity contribution is -0.122. The van der Waals surface area contributed by atoms with Gasteiger partial charge in [0.15, 0.2) is 0 Å². The van der Waals surface area contributed by atoms with E-state index in [1.165, 1.54) is 39.6 Å². The molecule has 0 atom stereocenters. The summed E-state index contributed by atoms with van der Waals surface area (Å²) in [7, 11) is 0. The van der Waals surface area contributed by atoms with Crippen molar-refractivity contribution >= 4 is 45.9 Å². The number of ether oxygens (including phenoxy) is 1. The van der Waals surface area contributed by atoms with Crippen molar-refractivity contribution in [3.05, 3.63) is 75.3 Å². The number of halogens is 1. The van der Waals surface area contributed by atoms with E-state index in [2.05, 4.69) is 4.98 Å². The largest absolute Gasteiger partial charge is 0.438 e. The molecule has 0 bridgehead atoms. The van der Waals surface area contributed by atoms with Crippen molar-refractivity contribution in [3.63, 3.8) is 0 Å². The molecule has 6 nitrogen and oxygen atoms in total. The summed E-state index contributed by atoms with van der Waals surface area (Å²) in [6.45, 7) is 4.49. The number of nitrogens with zero attached hydrogens (tertiary/aromatic N) is 3. The van der Waals surface area contributed by atoms with Gasteiger partial charge in [-0.05, 0) is 48.4 Å². The van der Waals surface area contributed by atoms with Gasteiger partial charge >= 0.3 is 0 Å². The quantitative estimate of drug-likeness (QED) is 0.418. The lowest BCUT2D eigenvalue weighted by atomic mass is 10.2. The SMILES string of the molecule is CC(C)CN1C(=O)C(=Cc2c(Oc3ccc(F)cc3)nc3ccccn3c2=O)SC1=S. The number of hydrogen-bond acceptors (Lipinski definition) is 6. The highest BCUT2D eigenvalue weighted by atomic mass is 32.2. The summed E-state index contributed by atoms with van der Waals surface area (Å²) < 4.78 is 20.9. The number of pyridine rings is 1. The number of aromatic nitrogens is 2. The summed E-state index contributed by atoms with van der Waals surface area (Å²) in [6.07, 6.45) is 3.06. The van der Waals surface area contributed by atoms with Crippen LogP contribution < -0.4 is 10.3 Å². The van der Waals surface area contributed by atoms with Gasteiger partial charge in [-0.25, -0.2) is 4.39 Å². The Bertz CT molecular complexity index is 1270. The molecule has 3 heterocycles. The van der Waals surface area contributed by atoms with Gasteiger partial charge in [0, 0.05) is 12.7 Å². The molecule has 1 saturated heterocycles. The van der Waals surface area contributed by atoms with E-state index in [0.29, 0.717) is 27.2 Å². The average molecular weight is 456 g/mol. The number of benzene rings is 1. The van der Waals surface area contributed by atoms with Crippen molar-refractivity contribution in [1.82, 2.24) is 14.3 Å². The molecule has 1 amide bonds. The maximum atomic E-state index is 13.3. The van der Waals surface area contributed by atoms with Crippen LogP contribution in [0.4, 0.5) is 4.39 Å².